The normalized spacial score (nSPS) is 11.8. The van der Waals surface area contributed by atoms with Crippen LogP contribution in [0.25, 0.3) is 0 Å². The number of aliphatic carboxylic acids is 1. The lowest BCUT2D eigenvalue weighted by Crippen LogP contribution is -2.43. The van der Waals surface area contributed by atoms with Crippen LogP contribution in [0.2, 0.25) is 0 Å². The first-order valence-electron chi connectivity index (χ1n) is 6.32. The number of nitrogens with zero attached hydrogens (tertiary/aromatic N) is 1. The van der Waals surface area contributed by atoms with Crippen molar-refractivity contribution in [3.63, 3.8) is 0 Å². The molecule has 0 spiro atoms. The van der Waals surface area contributed by atoms with Crippen molar-refractivity contribution in [1.82, 2.24) is 15.3 Å². The number of benzene rings is 1. The second-order valence-corrected chi connectivity index (χ2v) is 4.54. The molecule has 110 valence electrons. The lowest BCUT2D eigenvalue weighted by molar-refractivity contribution is -0.141. The smallest absolute Gasteiger partial charge is 0.326 e. The molecule has 0 aliphatic heterocycles. The Kier molecular flexibility index (Phi) is 4.55. The number of rotatable bonds is 6. The highest BCUT2D eigenvalue weighted by atomic mass is 16.4. The Morgan fingerprint density at radius 2 is 2.10 bits per heavy atom. The van der Waals surface area contributed by atoms with Gasteiger partial charge in [0.15, 0.2) is 0 Å². The van der Waals surface area contributed by atoms with E-state index in [2.05, 4.69) is 15.3 Å². The molecule has 2 aromatic rings. The van der Waals surface area contributed by atoms with Gasteiger partial charge in [0.2, 0.25) is 5.91 Å². The minimum Gasteiger partial charge on any atom is -0.508 e. The largest absolute Gasteiger partial charge is 0.508 e. The fourth-order valence-corrected chi connectivity index (χ4v) is 1.89. The standard InChI is InChI=1S/C14H15N3O4/c18-12-4-2-1-3-9(12)5-13(19)17-11(14(20)21)6-10-7-15-8-16-10/h1-4,7-8,11,18H,5-6H2,(H,15,16)(H,17,19)(H,20,21)/t11-/m1/s1. The maximum Gasteiger partial charge on any atom is 0.326 e. The van der Waals surface area contributed by atoms with Gasteiger partial charge in [-0.1, -0.05) is 18.2 Å². The number of para-hydroxylation sites is 1. The van der Waals surface area contributed by atoms with Crippen LogP contribution in [0, 0.1) is 0 Å². The van der Waals surface area contributed by atoms with E-state index in [1.807, 2.05) is 0 Å². The van der Waals surface area contributed by atoms with E-state index in [9.17, 15) is 14.7 Å². The van der Waals surface area contributed by atoms with E-state index >= 15 is 0 Å². The Labute approximate surface area is 120 Å². The van der Waals surface area contributed by atoms with Crippen molar-refractivity contribution in [2.75, 3.05) is 0 Å². The molecule has 0 unspecified atom stereocenters. The number of carboxylic acids is 1. The molecule has 1 aromatic heterocycles. The number of nitrogens with one attached hydrogen (secondary N) is 2. The Balaban J connectivity index is 1.98. The third-order valence-corrected chi connectivity index (χ3v) is 2.95. The molecular weight excluding hydrogens is 274 g/mol. The number of aromatic hydroxyl groups is 1. The van der Waals surface area contributed by atoms with Crippen LogP contribution in [0.4, 0.5) is 0 Å². The topological polar surface area (TPSA) is 115 Å². The summed E-state index contributed by atoms with van der Waals surface area (Å²) in [6.45, 7) is 0. The summed E-state index contributed by atoms with van der Waals surface area (Å²) in [6, 6.07) is 5.38. The van der Waals surface area contributed by atoms with Crippen LogP contribution in [0.1, 0.15) is 11.3 Å². The molecule has 0 saturated carbocycles. The van der Waals surface area contributed by atoms with Gasteiger partial charge in [0, 0.05) is 23.9 Å². The predicted molar refractivity (Wildman–Crippen MR) is 73.7 cm³/mol. The number of hydrogen-bond donors (Lipinski definition) is 4. The number of imidazole rings is 1. The van der Waals surface area contributed by atoms with Crippen LogP contribution in [0.3, 0.4) is 0 Å². The van der Waals surface area contributed by atoms with Gasteiger partial charge in [-0.15, -0.1) is 0 Å². The van der Waals surface area contributed by atoms with Gasteiger partial charge in [0.05, 0.1) is 12.7 Å². The van der Waals surface area contributed by atoms with Gasteiger partial charge in [0.25, 0.3) is 0 Å². The third kappa shape index (κ3) is 4.07. The Morgan fingerprint density at radius 3 is 2.71 bits per heavy atom. The molecule has 2 rings (SSSR count). The minimum atomic E-state index is -1.13. The molecule has 7 nitrogen and oxygen atoms in total. The number of carbonyl (C=O) groups excluding carboxylic acids is 1. The van der Waals surface area contributed by atoms with Crippen molar-refractivity contribution in [2.24, 2.45) is 0 Å². The quantitative estimate of drug-likeness (QED) is 0.617. The SMILES string of the molecule is O=C(Cc1ccccc1O)N[C@H](Cc1cnc[nH]1)C(=O)O. The van der Waals surface area contributed by atoms with E-state index in [4.69, 9.17) is 5.11 Å². The molecule has 1 aromatic carbocycles. The average molecular weight is 289 g/mol. The number of phenolic OH excluding ortho intramolecular Hbond substituents is 1. The zero-order valence-corrected chi connectivity index (χ0v) is 11.1. The number of carbonyl (C=O) groups is 2. The fraction of sp³-hybridized carbons (Fsp3) is 0.214. The van der Waals surface area contributed by atoms with Crippen molar-refractivity contribution in [1.29, 1.82) is 0 Å². The van der Waals surface area contributed by atoms with E-state index < -0.39 is 17.9 Å². The Bertz CT molecular complexity index is 625. The molecule has 0 saturated heterocycles. The number of aromatic amines is 1. The molecule has 1 atom stereocenters. The number of carboxylic acid groups (broad SMARTS) is 1. The van der Waals surface area contributed by atoms with E-state index in [0.717, 1.165) is 0 Å². The highest BCUT2D eigenvalue weighted by molar-refractivity contribution is 5.85. The maximum atomic E-state index is 11.9. The molecule has 4 N–H and O–H groups in total. The average Bonchev–Trinajstić information content (AvgIpc) is 2.93. The third-order valence-electron chi connectivity index (χ3n) is 2.95. The highest BCUT2D eigenvalue weighted by Gasteiger charge is 2.21. The molecule has 21 heavy (non-hydrogen) atoms. The first kappa shape index (κ1) is 14.6. The summed E-state index contributed by atoms with van der Waals surface area (Å²) in [5.74, 6) is -1.59. The number of amides is 1. The van der Waals surface area contributed by atoms with Gasteiger partial charge in [-0.05, 0) is 6.07 Å². The van der Waals surface area contributed by atoms with Gasteiger partial charge < -0.3 is 20.5 Å². The summed E-state index contributed by atoms with van der Waals surface area (Å²) in [7, 11) is 0. The second kappa shape index (κ2) is 6.56. The Morgan fingerprint density at radius 1 is 1.33 bits per heavy atom. The zero-order chi connectivity index (χ0) is 15.2. The number of phenols is 1. The van der Waals surface area contributed by atoms with Gasteiger partial charge in [0.1, 0.15) is 11.8 Å². The minimum absolute atomic E-state index is 0.00749. The maximum absolute atomic E-state index is 11.9. The van der Waals surface area contributed by atoms with Crippen LogP contribution in [-0.4, -0.2) is 38.1 Å². The van der Waals surface area contributed by atoms with Crippen molar-refractivity contribution >= 4 is 11.9 Å². The molecule has 0 aliphatic rings. The lowest BCUT2D eigenvalue weighted by Gasteiger charge is -2.14. The van der Waals surface area contributed by atoms with E-state index in [1.54, 1.807) is 18.2 Å². The fourth-order valence-electron chi connectivity index (χ4n) is 1.89. The number of hydrogen-bond acceptors (Lipinski definition) is 4. The van der Waals surface area contributed by atoms with Gasteiger partial charge in [-0.25, -0.2) is 9.78 Å². The first-order chi connectivity index (χ1) is 10.1. The van der Waals surface area contributed by atoms with Crippen LogP contribution < -0.4 is 5.32 Å². The lowest BCUT2D eigenvalue weighted by atomic mass is 10.1. The van der Waals surface area contributed by atoms with Crippen molar-refractivity contribution in [2.45, 2.75) is 18.9 Å². The van der Waals surface area contributed by atoms with Gasteiger partial charge in [-0.3, -0.25) is 4.79 Å². The Hall–Kier alpha value is -2.83. The summed E-state index contributed by atoms with van der Waals surface area (Å²) < 4.78 is 0. The van der Waals surface area contributed by atoms with E-state index in [0.29, 0.717) is 11.3 Å². The van der Waals surface area contributed by atoms with Crippen LogP contribution in [-0.2, 0) is 22.4 Å². The zero-order valence-electron chi connectivity index (χ0n) is 11.1. The van der Waals surface area contributed by atoms with E-state index in [-0.39, 0.29) is 18.6 Å². The molecule has 0 aliphatic carbocycles. The molecule has 1 amide bonds. The molecule has 0 radical (unpaired) electrons. The summed E-state index contributed by atoms with van der Waals surface area (Å²) >= 11 is 0. The van der Waals surface area contributed by atoms with Crippen LogP contribution in [0.15, 0.2) is 36.8 Å². The van der Waals surface area contributed by atoms with E-state index in [1.165, 1.54) is 18.6 Å². The number of H-pyrrole nitrogens is 1. The summed E-state index contributed by atoms with van der Waals surface area (Å²) in [5, 5.41) is 21.2. The molecule has 7 heteroatoms. The predicted octanol–water partition coefficient (Wildman–Crippen LogP) is 0.470. The molecule has 1 heterocycles. The van der Waals surface area contributed by atoms with Crippen LogP contribution >= 0.6 is 0 Å². The molecular formula is C14H15N3O4. The molecule has 0 fully saturated rings. The van der Waals surface area contributed by atoms with Crippen LogP contribution in [0.5, 0.6) is 5.75 Å². The first-order valence-corrected chi connectivity index (χ1v) is 6.32. The number of aromatic nitrogens is 2. The highest BCUT2D eigenvalue weighted by Crippen LogP contribution is 2.16. The van der Waals surface area contributed by atoms with Gasteiger partial charge in [-0.2, -0.15) is 0 Å². The van der Waals surface area contributed by atoms with Crippen molar-refractivity contribution in [3.05, 3.63) is 48.0 Å². The van der Waals surface area contributed by atoms with Crippen molar-refractivity contribution < 1.29 is 19.8 Å². The van der Waals surface area contributed by atoms with Gasteiger partial charge >= 0.3 is 5.97 Å². The monoisotopic (exact) mass is 289 g/mol. The van der Waals surface area contributed by atoms with Crippen molar-refractivity contribution in [3.8, 4) is 5.75 Å². The second-order valence-electron chi connectivity index (χ2n) is 4.54. The molecule has 0 bridgehead atoms. The summed E-state index contributed by atoms with van der Waals surface area (Å²) in [5.41, 5.74) is 1.06. The summed E-state index contributed by atoms with van der Waals surface area (Å²) in [6.07, 6.45) is 2.98. The summed E-state index contributed by atoms with van der Waals surface area (Å²) in [4.78, 5) is 29.7.